The van der Waals surface area contributed by atoms with Crippen LogP contribution in [-0.2, 0) is 30.8 Å². The predicted molar refractivity (Wildman–Crippen MR) is 110 cm³/mol. The Hall–Kier alpha value is -2.30. The van der Waals surface area contributed by atoms with Gasteiger partial charge in [-0.2, -0.15) is 0 Å². The number of carbonyl (C=O) groups excluding carboxylic acids is 2. The van der Waals surface area contributed by atoms with E-state index in [9.17, 15) is 23.1 Å². The fourth-order valence-electron chi connectivity index (χ4n) is 3.29. The number of hydrogen-bond acceptors (Lipinski definition) is 6. The maximum absolute atomic E-state index is 12.7. The van der Waals surface area contributed by atoms with Crippen molar-refractivity contribution in [3.8, 4) is 5.75 Å². The lowest BCUT2D eigenvalue weighted by Crippen LogP contribution is -2.51. The molecule has 1 aromatic carbocycles. The lowest BCUT2D eigenvalue weighted by Gasteiger charge is -2.32. The summed E-state index contributed by atoms with van der Waals surface area (Å²) in [6.45, 7) is 3.65. The molecular formula is C19H24ClN3O6S. The van der Waals surface area contributed by atoms with Gasteiger partial charge in [0.1, 0.15) is 17.5 Å². The van der Waals surface area contributed by atoms with Crippen molar-refractivity contribution in [1.29, 1.82) is 0 Å². The Kier molecular flexibility index (Phi) is 6.89. The molecular weight excluding hydrogens is 434 g/mol. The van der Waals surface area contributed by atoms with Crippen molar-refractivity contribution in [2.45, 2.75) is 19.4 Å². The van der Waals surface area contributed by atoms with Crippen LogP contribution in [0.2, 0.25) is 5.02 Å². The number of aryl methyl sites for hydroxylation is 1. The summed E-state index contributed by atoms with van der Waals surface area (Å²) in [7, 11) is -3.79. The van der Waals surface area contributed by atoms with E-state index >= 15 is 0 Å². The third-order valence-electron chi connectivity index (χ3n) is 5.07. The minimum absolute atomic E-state index is 0.0552. The van der Waals surface area contributed by atoms with Crippen LogP contribution in [0.4, 0.5) is 0 Å². The van der Waals surface area contributed by atoms with E-state index < -0.39 is 22.0 Å². The van der Waals surface area contributed by atoms with Crippen LogP contribution in [-0.4, -0.2) is 79.8 Å². The first kappa shape index (κ1) is 22.4. The van der Waals surface area contributed by atoms with Gasteiger partial charge in [0.05, 0.1) is 24.0 Å². The molecule has 1 fully saturated rings. The summed E-state index contributed by atoms with van der Waals surface area (Å²) in [6, 6.07) is 3.77. The van der Waals surface area contributed by atoms with Crippen molar-refractivity contribution in [2.75, 3.05) is 38.6 Å². The quantitative estimate of drug-likeness (QED) is 0.615. The first-order chi connectivity index (χ1) is 14.2. The Labute approximate surface area is 180 Å². The van der Waals surface area contributed by atoms with Crippen molar-refractivity contribution in [3.05, 3.63) is 40.6 Å². The summed E-state index contributed by atoms with van der Waals surface area (Å²) in [5.41, 5.74) is 0.585. The minimum Gasteiger partial charge on any atom is -0.506 e. The molecule has 2 aliphatic heterocycles. The van der Waals surface area contributed by atoms with E-state index in [0.717, 1.165) is 0 Å². The molecule has 0 spiro atoms. The van der Waals surface area contributed by atoms with Gasteiger partial charge in [0, 0.05) is 19.6 Å². The standard InChI is InChI=1S/C19H24ClN3O6S/c1-13(18(25)22-7-9-29-10-8-22)23-6-4-16(19(23)26)21-30(27,28)11-5-14-2-3-17(24)15(20)12-14/h2-4,12-13,21,24H,5-11H2,1H3/t13-/m0/s1. The van der Waals surface area contributed by atoms with Gasteiger partial charge in [0.2, 0.25) is 15.9 Å². The van der Waals surface area contributed by atoms with Crippen molar-refractivity contribution in [3.63, 3.8) is 0 Å². The average Bonchev–Trinajstić information content (AvgIpc) is 3.08. The maximum Gasteiger partial charge on any atom is 0.271 e. The summed E-state index contributed by atoms with van der Waals surface area (Å²) in [6.07, 6.45) is 1.63. The highest BCUT2D eigenvalue weighted by molar-refractivity contribution is 7.89. The van der Waals surface area contributed by atoms with Crippen molar-refractivity contribution in [2.24, 2.45) is 0 Å². The van der Waals surface area contributed by atoms with E-state index in [0.29, 0.717) is 31.9 Å². The molecule has 1 saturated heterocycles. The van der Waals surface area contributed by atoms with Gasteiger partial charge in [0.25, 0.3) is 5.91 Å². The van der Waals surface area contributed by atoms with E-state index in [4.69, 9.17) is 16.3 Å². The number of nitrogens with one attached hydrogen (secondary N) is 1. The first-order valence-corrected chi connectivity index (χ1v) is 11.6. The zero-order valence-electron chi connectivity index (χ0n) is 16.5. The van der Waals surface area contributed by atoms with E-state index in [1.54, 1.807) is 17.9 Å². The number of nitrogens with zero attached hydrogens (tertiary/aromatic N) is 2. The molecule has 9 nitrogen and oxygen atoms in total. The molecule has 2 N–H and O–H groups in total. The SMILES string of the molecule is C[C@@H](C(=O)N1CCOCC1)N1CC=C(NS(=O)(=O)CCc2ccc(O)c(Cl)c2)C1=O. The monoisotopic (exact) mass is 457 g/mol. The number of ether oxygens (including phenoxy) is 1. The molecule has 164 valence electrons. The molecule has 2 heterocycles. The van der Waals surface area contributed by atoms with Gasteiger partial charge in [-0.15, -0.1) is 0 Å². The molecule has 0 radical (unpaired) electrons. The highest BCUT2D eigenvalue weighted by Gasteiger charge is 2.35. The lowest BCUT2D eigenvalue weighted by atomic mass is 10.2. The summed E-state index contributed by atoms with van der Waals surface area (Å²) < 4.78 is 32.4. The summed E-state index contributed by atoms with van der Waals surface area (Å²) in [5, 5.41) is 9.58. The summed E-state index contributed by atoms with van der Waals surface area (Å²) in [4.78, 5) is 28.3. The largest absolute Gasteiger partial charge is 0.506 e. The van der Waals surface area contributed by atoms with Crippen LogP contribution < -0.4 is 4.72 Å². The third-order valence-corrected chi connectivity index (χ3v) is 6.64. The first-order valence-electron chi connectivity index (χ1n) is 9.53. The average molecular weight is 458 g/mol. The van der Waals surface area contributed by atoms with E-state index in [1.165, 1.54) is 23.1 Å². The number of aromatic hydroxyl groups is 1. The van der Waals surface area contributed by atoms with Crippen molar-refractivity contribution in [1.82, 2.24) is 14.5 Å². The highest BCUT2D eigenvalue weighted by Crippen LogP contribution is 2.24. The second-order valence-electron chi connectivity index (χ2n) is 7.15. The number of rotatable bonds is 7. The maximum atomic E-state index is 12.7. The number of amides is 2. The second kappa shape index (κ2) is 9.23. The third kappa shape index (κ3) is 5.24. The van der Waals surface area contributed by atoms with E-state index in [-0.39, 0.29) is 41.1 Å². The van der Waals surface area contributed by atoms with Crippen LogP contribution in [0.15, 0.2) is 30.0 Å². The van der Waals surface area contributed by atoms with Crippen LogP contribution in [0.25, 0.3) is 0 Å². The second-order valence-corrected chi connectivity index (χ2v) is 9.39. The molecule has 30 heavy (non-hydrogen) atoms. The smallest absolute Gasteiger partial charge is 0.271 e. The predicted octanol–water partition coefficient (Wildman–Crippen LogP) is 0.481. The van der Waals surface area contributed by atoms with Crippen molar-refractivity contribution < 1.29 is 27.9 Å². The molecule has 11 heteroatoms. The molecule has 0 aliphatic carbocycles. The summed E-state index contributed by atoms with van der Waals surface area (Å²) in [5.74, 6) is -1.06. The number of morpholine rings is 1. The van der Waals surface area contributed by atoms with Gasteiger partial charge in [-0.25, -0.2) is 8.42 Å². The minimum atomic E-state index is -3.79. The number of sulfonamides is 1. The number of halogens is 1. The normalized spacial score (nSPS) is 18.3. The lowest BCUT2D eigenvalue weighted by molar-refractivity contribution is -0.145. The molecule has 0 saturated carbocycles. The molecule has 1 atom stereocenters. The zero-order chi connectivity index (χ0) is 21.9. The summed E-state index contributed by atoms with van der Waals surface area (Å²) >= 11 is 5.84. The van der Waals surface area contributed by atoms with E-state index in [1.807, 2.05) is 0 Å². The Bertz CT molecular complexity index is 959. The molecule has 3 rings (SSSR count). The number of phenols is 1. The Balaban J connectivity index is 1.56. The molecule has 1 aromatic rings. The van der Waals surface area contributed by atoms with Gasteiger partial charge >= 0.3 is 0 Å². The van der Waals surface area contributed by atoms with Crippen LogP contribution in [0.3, 0.4) is 0 Å². The van der Waals surface area contributed by atoms with Gasteiger partial charge in [-0.05, 0) is 37.1 Å². The molecule has 2 aliphatic rings. The van der Waals surface area contributed by atoms with Gasteiger partial charge in [0.15, 0.2) is 0 Å². The number of hydrogen-bond donors (Lipinski definition) is 2. The molecule has 0 bridgehead atoms. The molecule has 0 unspecified atom stereocenters. The highest BCUT2D eigenvalue weighted by atomic mass is 35.5. The number of phenolic OH excluding ortho intramolecular Hbond substituents is 1. The number of carbonyl (C=O) groups is 2. The Morgan fingerprint density at radius 3 is 2.70 bits per heavy atom. The van der Waals surface area contributed by atoms with Gasteiger partial charge < -0.3 is 19.6 Å². The Morgan fingerprint density at radius 2 is 2.03 bits per heavy atom. The molecule has 0 aromatic heterocycles. The zero-order valence-corrected chi connectivity index (χ0v) is 18.1. The van der Waals surface area contributed by atoms with Crippen LogP contribution in [0.1, 0.15) is 12.5 Å². The van der Waals surface area contributed by atoms with Gasteiger partial charge in [-0.1, -0.05) is 17.7 Å². The van der Waals surface area contributed by atoms with E-state index in [2.05, 4.69) is 4.72 Å². The van der Waals surface area contributed by atoms with Crippen LogP contribution in [0, 0.1) is 0 Å². The topological polar surface area (TPSA) is 116 Å². The number of benzene rings is 1. The molecule has 2 amide bonds. The van der Waals surface area contributed by atoms with Crippen LogP contribution >= 0.6 is 11.6 Å². The fraction of sp³-hybridized carbons (Fsp3) is 0.474. The Morgan fingerprint density at radius 1 is 1.33 bits per heavy atom. The van der Waals surface area contributed by atoms with Crippen molar-refractivity contribution >= 4 is 33.4 Å². The van der Waals surface area contributed by atoms with Gasteiger partial charge in [-0.3, -0.25) is 14.3 Å². The van der Waals surface area contributed by atoms with Crippen LogP contribution in [0.5, 0.6) is 5.75 Å². The fourth-order valence-corrected chi connectivity index (χ4v) is 4.61.